The molecular formula is C8H14O. The molecule has 0 radical (unpaired) electrons. The van der Waals surface area contributed by atoms with Gasteiger partial charge in [-0.2, -0.15) is 0 Å². The highest BCUT2D eigenvalue weighted by molar-refractivity contribution is 5.00. The SMILES string of the molecule is [2H]/C(C)=C1/CCC(C)(C)O1. The predicted octanol–water partition coefficient (Wildman–Crippen LogP) is 2.48. The zero-order valence-electron chi connectivity index (χ0n) is 7.32. The zero-order valence-corrected chi connectivity index (χ0v) is 6.32. The van der Waals surface area contributed by atoms with Crippen LogP contribution in [-0.2, 0) is 4.74 Å². The summed E-state index contributed by atoms with van der Waals surface area (Å²) in [6.07, 6.45) is 1.97. The van der Waals surface area contributed by atoms with E-state index in [1.165, 1.54) is 0 Å². The van der Waals surface area contributed by atoms with Crippen LogP contribution in [0.3, 0.4) is 0 Å². The second kappa shape index (κ2) is 2.05. The van der Waals surface area contributed by atoms with E-state index in [4.69, 9.17) is 6.11 Å². The molecule has 0 N–H and O–H groups in total. The van der Waals surface area contributed by atoms with E-state index in [9.17, 15) is 0 Å². The van der Waals surface area contributed by atoms with Gasteiger partial charge in [0.2, 0.25) is 0 Å². The Morgan fingerprint density at radius 1 is 1.78 bits per heavy atom. The smallest absolute Gasteiger partial charge is 0.103 e. The van der Waals surface area contributed by atoms with E-state index in [2.05, 4.69) is 13.8 Å². The van der Waals surface area contributed by atoms with Gasteiger partial charge in [0.05, 0.1) is 7.13 Å². The molecule has 9 heavy (non-hydrogen) atoms. The van der Waals surface area contributed by atoms with Crippen LogP contribution in [0.1, 0.15) is 35.0 Å². The normalized spacial score (nSPS) is 31.2. The summed E-state index contributed by atoms with van der Waals surface area (Å²) in [6, 6.07) is 0.575. The standard InChI is InChI=1S/C8H14O/c1-4-7-5-6-8(2,3)9-7/h4H,5-6H2,1-3H3/b7-4+/i4D. The number of hydrogen-bond acceptors (Lipinski definition) is 1. The van der Waals surface area contributed by atoms with E-state index in [0.29, 0.717) is 6.05 Å². The first-order valence-corrected chi connectivity index (χ1v) is 3.37. The van der Waals surface area contributed by atoms with Crippen LogP contribution in [0.25, 0.3) is 0 Å². The maximum absolute atomic E-state index is 7.31. The monoisotopic (exact) mass is 127 g/mol. The van der Waals surface area contributed by atoms with Crippen LogP contribution in [0.4, 0.5) is 0 Å². The highest BCUT2D eigenvalue weighted by atomic mass is 16.5. The summed E-state index contributed by atoms with van der Waals surface area (Å²) >= 11 is 0. The Balaban J connectivity index is 2.69. The second-order valence-electron chi connectivity index (χ2n) is 3.03. The van der Waals surface area contributed by atoms with Crippen LogP contribution in [-0.4, -0.2) is 5.60 Å². The molecule has 0 aromatic heterocycles. The first-order chi connectivity index (χ1) is 4.51. The minimum atomic E-state index is -0.0301. The van der Waals surface area contributed by atoms with Crippen LogP contribution < -0.4 is 0 Å². The van der Waals surface area contributed by atoms with Gasteiger partial charge in [0.1, 0.15) is 5.60 Å². The molecule has 0 bridgehead atoms. The van der Waals surface area contributed by atoms with E-state index in [-0.39, 0.29) is 5.60 Å². The molecule has 1 heterocycles. The fourth-order valence-electron chi connectivity index (χ4n) is 1.03. The van der Waals surface area contributed by atoms with Crippen LogP contribution in [0.5, 0.6) is 0 Å². The molecule has 1 saturated heterocycles. The van der Waals surface area contributed by atoms with Gasteiger partial charge < -0.3 is 4.74 Å². The van der Waals surface area contributed by atoms with Crippen molar-refractivity contribution >= 4 is 0 Å². The molecule has 0 aromatic rings. The lowest BCUT2D eigenvalue weighted by Crippen LogP contribution is -2.15. The topological polar surface area (TPSA) is 9.23 Å². The van der Waals surface area contributed by atoms with Gasteiger partial charge in [0, 0.05) is 6.42 Å². The van der Waals surface area contributed by atoms with Gasteiger partial charge in [-0.3, -0.25) is 0 Å². The van der Waals surface area contributed by atoms with Crippen LogP contribution in [0.15, 0.2) is 11.8 Å². The molecule has 1 nitrogen and oxygen atoms in total. The molecule has 0 saturated carbocycles. The summed E-state index contributed by atoms with van der Waals surface area (Å²) in [4.78, 5) is 0. The van der Waals surface area contributed by atoms with Crippen molar-refractivity contribution in [3.8, 4) is 0 Å². The van der Waals surface area contributed by atoms with Crippen molar-refractivity contribution in [1.29, 1.82) is 0 Å². The average Bonchev–Trinajstić information content (AvgIpc) is 2.10. The van der Waals surface area contributed by atoms with Gasteiger partial charge in [-0.05, 0) is 33.2 Å². The van der Waals surface area contributed by atoms with E-state index in [1.807, 2.05) is 0 Å². The van der Waals surface area contributed by atoms with E-state index < -0.39 is 0 Å². The van der Waals surface area contributed by atoms with Crippen molar-refractivity contribution in [2.45, 2.75) is 39.2 Å². The lowest BCUT2D eigenvalue weighted by molar-refractivity contribution is 0.0764. The predicted molar refractivity (Wildman–Crippen MR) is 38.2 cm³/mol. The summed E-state index contributed by atoms with van der Waals surface area (Å²) in [5, 5.41) is 0. The maximum atomic E-state index is 7.31. The molecule has 0 unspecified atom stereocenters. The number of ether oxygens (including phenoxy) is 1. The van der Waals surface area contributed by atoms with Gasteiger partial charge in [-0.1, -0.05) is 0 Å². The molecule has 1 aliphatic heterocycles. The molecule has 1 heteroatoms. The molecule has 0 aliphatic carbocycles. The summed E-state index contributed by atoms with van der Waals surface area (Å²) < 4.78 is 12.8. The van der Waals surface area contributed by atoms with Crippen LogP contribution >= 0.6 is 0 Å². The molecule has 52 valence electrons. The fourth-order valence-corrected chi connectivity index (χ4v) is 1.03. The summed E-state index contributed by atoms with van der Waals surface area (Å²) in [5.41, 5.74) is -0.0301. The highest BCUT2D eigenvalue weighted by Gasteiger charge is 2.27. The quantitative estimate of drug-likeness (QED) is 0.485. The van der Waals surface area contributed by atoms with Gasteiger partial charge in [-0.15, -0.1) is 0 Å². The molecule has 1 aliphatic rings. The van der Waals surface area contributed by atoms with Crippen molar-refractivity contribution in [3.63, 3.8) is 0 Å². The summed E-state index contributed by atoms with van der Waals surface area (Å²) in [5.74, 6) is 0.866. The lowest BCUT2D eigenvalue weighted by atomic mass is 10.1. The Morgan fingerprint density at radius 2 is 2.44 bits per heavy atom. The summed E-state index contributed by atoms with van der Waals surface area (Å²) in [7, 11) is 0. The van der Waals surface area contributed by atoms with Crippen molar-refractivity contribution < 1.29 is 6.11 Å². The second-order valence-corrected chi connectivity index (χ2v) is 3.03. The van der Waals surface area contributed by atoms with Gasteiger partial charge in [0.15, 0.2) is 0 Å². The van der Waals surface area contributed by atoms with Crippen molar-refractivity contribution in [1.82, 2.24) is 0 Å². The van der Waals surface area contributed by atoms with Crippen molar-refractivity contribution in [2.24, 2.45) is 0 Å². The number of allylic oxidation sites excluding steroid dienone is 2. The Hall–Kier alpha value is -0.460. The molecular weight excluding hydrogens is 112 g/mol. The molecule has 1 rings (SSSR count). The van der Waals surface area contributed by atoms with Crippen LogP contribution in [0, 0.1) is 0 Å². The third kappa shape index (κ3) is 1.47. The molecule has 0 atom stereocenters. The van der Waals surface area contributed by atoms with E-state index in [0.717, 1.165) is 18.6 Å². The number of hydrogen-bond donors (Lipinski definition) is 0. The first kappa shape index (κ1) is 5.33. The Bertz CT molecular complexity index is 166. The molecule has 0 spiro atoms. The maximum Gasteiger partial charge on any atom is 0.103 e. The van der Waals surface area contributed by atoms with Crippen molar-refractivity contribution in [2.75, 3.05) is 0 Å². The average molecular weight is 127 g/mol. The Kier molecular flexibility index (Phi) is 1.22. The fraction of sp³-hybridized carbons (Fsp3) is 0.750. The van der Waals surface area contributed by atoms with Gasteiger partial charge in [0.25, 0.3) is 0 Å². The van der Waals surface area contributed by atoms with Crippen LogP contribution in [0.2, 0.25) is 0 Å². The molecule has 0 amide bonds. The molecule has 1 fully saturated rings. The minimum absolute atomic E-state index is 0.0301. The molecule has 0 aromatic carbocycles. The third-order valence-corrected chi connectivity index (χ3v) is 1.63. The van der Waals surface area contributed by atoms with E-state index in [1.54, 1.807) is 6.92 Å². The largest absolute Gasteiger partial charge is 0.493 e. The van der Waals surface area contributed by atoms with E-state index >= 15 is 0 Å². The Labute approximate surface area is 58.1 Å². The Morgan fingerprint density at radius 3 is 2.67 bits per heavy atom. The third-order valence-electron chi connectivity index (χ3n) is 1.63. The lowest BCUT2D eigenvalue weighted by Gasteiger charge is -2.16. The minimum Gasteiger partial charge on any atom is -0.493 e. The highest BCUT2D eigenvalue weighted by Crippen LogP contribution is 2.31. The summed E-state index contributed by atoms with van der Waals surface area (Å²) in [6.45, 7) is 5.89. The van der Waals surface area contributed by atoms with Crippen molar-refractivity contribution in [3.05, 3.63) is 11.8 Å². The van der Waals surface area contributed by atoms with Gasteiger partial charge in [-0.25, -0.2) is 0 Å². The van der Waals surface area contributed by atoms with Gasteiger partial charge >= 0.3 is 0 Å². The number of rotatable bonds is 0. The first-order valence-electron chi connectivity index (χ1n) is 3.87. The zero-order chi connectivity index (χ0) is 7.78.